The summed E-state index contributed by atoms with van der Waals surface area (Å²) in [6.45, 7) is 4.03. The predicted octanol–water partition coefficient (Wildman–Crippen LogP) is 7.62. The normalized spacial score (nSPS) is 11.3. The zero-order chi connectivity index (χ0) is 24.1. The first kappa shape index (κ1) is 26.9. The lowest BCUT2D eigenvalue weighted by atomic mass is 10.1. The Balaban J connectivity index is 1.81. The van der Waals surface area contributed by atoms with Crippen molar-refractivity contribution in [2.45, 2.75) is 71.6 Å². The van der Waals surface area contributed by atoms with Crippen LogP contribution in [0.3, 0.4) is 0 Å². The van der Waals surface area contributed by atoms with Crippen molar-refractivity contribution in [2.75, 3.05) is 5.32 Å². The first-order chi connectivity index (χ1) is 15.9. The Hall–Kier alpha value is -2.37. The molecule has 0 fully saturated rings. The van der Waals surface area contributed by atoms with Gasteiger partial charge in [-0.1, -0.05) is 87.2 Å². The van der Waals surface area contributed by atoms with Gasteiger partial charge in [-0.25, -0.2) is 5.43 Å². The second-order valence-corrected chi connectivity index (χ2v) is 8.96. The Morgan fingerprint density at radius 1 is 0.909 bits per heavy atom. The van der Waals surface area contributed by atoms with E-state index in [-0.39, 0.29) is 16.8 Å². The summed E-state index contributed by atoms with van der Waals surface area (Å²) in [5.74, 6) is -0.413. The molecule has 2 N–H and O–H groups in total. The van der Waals surface area contributed by atoms with E-state index in [2.05, 4.69) is 22.8 Å². The molecule has 0 atom stereocenters. The van der Waals surface area contributed by atoms with Gasteiger partial charge in [0.15, 0.2) is 0 Å². The topological polar surface area (TPSA) is 70.6 Å². The van der Waals surface area contributed by atoms with Gasteiger partial charge in [-0.05, 0) is 49.2 Å². The fraction of sp³-hybridized carbons (Fsp3) is 0.423. The van der Waals surface area contributed by atoms with Gasteiger partial charge in [0.25, 0.3) is 5.91 Å². The molecule has 0 aliphatic rings. The van der Waals surface area contributed by atoms with Gasteiger partial charge in [0.05, 0.1) is 16.3 Å². The van der Waals surface area contributed by atoms with Gasteiger partial charge in [0.2, 0.25) is 5.91 Å². The van der Waals surface area contributed by atoms with E-state index in [0.717, 1.165) is 18.4 Å². The molecule has 0 radical (unpaired) electrons. The Kier molecular flexibility index (Phi) is 12.0. The van der Waals surface area contributed by atoms with E-state index >= 15 is 0 Å². The molecule has 7 heteroatoms. The Morgan fingerprint density at radius 2 is 1.61 bits per heavy atom. The van der Waals surface area contributed by atoms with E-state index in [1.807, 2.05) is 19.1 Å². The van der Waals surface area contributed by atoms with E-state index in [1.165, 1.54) is 44.6 Å². The molecule has 178 valence electrons. The summed E-state index contributed by atoms with van der Waals surface area (Å²) in [5, 5.41) is 7.79. The Morgan fingerprint density at radius 3 is 2.30 bits per heavy atom. The third-order valence-electron chi connectivity index (χ3n) is 5.32. The number of benzene rings is 2. The summed E-state index contributed by atoms with van der Waals surface area (Å²) >= 11 is 12.0. The molecule has 2 aromatic carbocycles. The molecule has 5 nitrogen and oxygen atoms in total. The minimum absolute atomic E-state index is 0.0813. The number of nitrogens with one attached hydrogen (secondary N) is 2. The Bertz CT molecular complexity index is 960. The average molecular weight is 490 g/mol. The van der Waals surface area contributed by atoms with Gasteiger partial charge >= 0.3 is 0 Å². The summed E-state index contributed by atoms with van der Waals surface area (Å²) in [6.07, 6.45) is 10.0. The molecule has 0 unspecified atom stereocenters. The fourth-order valence-electron chi connectivity index (χ4n) is 3.38. The molecule has 0 aliphatic heterocycles. The monoisotopic (exact) mass is 489 g/mol. The van der Waals surface area contributed by atoms with Crippen molar-refractivity contribution in [2.24, 2.45) is 5.10 Å². The minimum Gasteiger partial charge on any atom is -0.322 e. The number of hydrazone groups is 1. The highest BCUT2D eigenvalue weighted by molar-refractivity contribution is 6.37. The molecule has 0 heterocycles. The van der Waals surface area contributed by atoms with Gasteiger partial charge in [0, 0.05) is 17.1 Å². The number of carbonyl (C=O) groups excluding carboxylic acids is 2. The maximum absolute atomic E-state index is 12.5. The molecular weight excluding hydrogens is 457 g/mol. The molecule has 0 spiro atoms. The van der Waals surface area contributed by atoms with Crippen LogP contribution in [0.15, 0.2) is 47.6 Å². The van der Waals surface area contributed by atoms with E-state index in [1.54, 1.807) is 24.3 Å². The van der Waals surface area contributed by atoms with Crippen molar-refractivity contribution in [1.29, 1.82) is 0 Å². The van der Waals surface area contributed by atoms with Crippen LogP contribution in [0.4, 0.5) is 5.69 Å². The number of unbranched alkanes of at least 4 members (excludes halogenated alkanes) is 7. The van der Waals surface area contributed by atoms with Crippen LogP contribution in [0.2, 0.25) is 10.0 Å². The molecule has 0 saturated carbocycles. The predicted molar refractivity (Wildman–Crippen MR) is 138 cm³/mol. The lowest BCUT2D eigenvalue weighted by Gasteiger charge is -2.09. The van der Waals surface area contributed by atoms with Crippen LogP contribution in [0.1, 0.15) is 87.6 Å². The molecule has 0 saturated heterocycles. The van der Waals surface area contributed by atoms with Gasteiger partial charge in [-0.15, -0.1) is 0 Å². The highest BCUT2D eigenvalue weighted by Crippen LogP contribution is 2.22. The van der Waals surface area contributed by atoms with Gasteiger partial charge in [-0.3, -0.25) is 9.59 Å². The summed E-state index contributed by atoms with van der Waals surface area (Å²) in [6, 6.07) is 12.0. The van der Waals surface area contributed by atoms with Crippen molar-refractivity contribution >= 4 is 46.4 Å². The molecule has 0 aromatic heterocycles. The van der Waals surface area contributed by atoms with Gasteiger partial charge in [0.1, 0.15) is 0 Å². The number of rotatable bonds is 13. The SMILES string of the molecule is CCCCCCCCCCC(=O)N/N=C(/C)c1cccc(NC(=O)c2ccc(Cl)cc2Cl)c1. The first-order valence-corrected chi connectivity index (χ1v) is 12.4. The molecule has 0 bridgehead atoms. The summed E-state index contributed by atoms with van der Waals surface area (Å²) in [4.78, 5) is 24.6. The summed E-state index contributed by atoms with van der Waals surface area (Å²) < 4.78 is 0. The van der Waals surface area contributed by atoms with Gasteiger partial charge < -0.3 is 5.32 Å². The lowest BCUT2D eigenvalue weighted by molar-refractivity contribution is -0.121. The number of hydrogen-bond donors (Lipinski definition) is 2. The largest absolute Gasteiger partial charge is 0.322 e. The average Bonchev–Trinajstić information content (AvgIpc) is 2.79. The van der Waals surface area contributed by atoms with Crippen molar-refractivity contribution < 1.29 is 9.59 Å². The maximum atomic E-state index is 12.5. The number of amides is 2. The molecule has 2 amide bonds. The van der Waals surface area contributed by atoms with Crippen molar-refractivity contribution in [3.8, 4) is 0 Å². The molecule has 33 heavy (non-hydrogen) atoms. The zero-order valence-corrected chi connectivity index (χ0v) is 20.9. The number of nitrogens with zero attached hydrogens (tertiary/aromatic N) is 1. The maximum Gasteiger partial charge on any atom is 0.257 e. The third-order valence-corrected chi connectivity index (χ3v) is 5.87. The minimum atomic E-state index is -0.331. The van der Waals surface area contributed by atoms with Gasteiger partial charge in [-0.2, -0.15) is 5.10 Å². The smallest absolute Gasteiger partial charge is 0.257 e. The van der Waals surface area contributed by atoms with E-state index in [9.17, 15) is 9.59 Å². The first-order valence-electron chi connectivity index (χ1n) is 11.6. The summed E-state index contributed by atoms with van der Waals surface area (Å²) in [7, 11) is 0. The van der Waals surface area contributed by atoms with Crippen LogP contribution >= 0.6 is 23.2 Å². The van der Waals surface area contributed by atoms with Crippen molar-refractivity contribution in [3.05, 3.63) is 63.6 Å². The lowest BCUT2D eigenvalue weighted by Crippen LogP contribution is -2.19. The molecule has 2 aromatic rings. The number of hydrogen-bond acceptors (Lipinski definition) is 3. The second kappa shape index (κ2) is 14.7. The number of anilines is 1. The van der Waals surface area contributed by atoms with Crippen LogP contribution in [-0.2, 0) is 4.79 Å². The van der Waals surface area contributed by atoms with Crippen LogP contribution in [0.5, 0.6) is 0 Å². The standard InChI is InChI=1S/C26H33Cl2N3O2/c1-3-4-5-6-7-8-9-10-14-25(32)31-30-19(2)20-12-11-13-22(17-20)29-26(33)23-16-15-21(27)18-24(23)28/h11-13,15-18H,3-10,14H2,1-2H3,(H,29,33)(H,31,32)/b30-19-. The second-order valence-electron chi connectivity index (χ2n) is 8.12. The van der Waals surface area contributed by atoms with Crippen LogP contribution in [-0.4, -0.2) is 17.5 Å². The third kappa shape index (κ3) is 9.97. The summed E-state index contributed by atoms with van der Waals surface area (Å²) in [5.41, 5.74) is 5.02. The molecule has 2 rings (SSSR count). The van der Waals surface area contributed by atoms with E-state index < -0.39 is 0 Å². The van der Waals surface area contributed by atoms with Crippen molar-refractivity contribution in [3.63, 3.8) is 0 Å². The fourth-order valence-corrected chi connectivity index (χ4v) is 3.87. The quantitative estimate of drug-likeness (QED) is 0.172. The van der Waals surface area contributed by atoms with Crippen LogP contribution in [0, 0.1) is 0 Å². The van der Waals surface area contributed by atoms with E-state index in [4.69, 9.17) is 23.2 Å². The highest BCUT2D eigenvalue weighted by atomic mass is 35.5. The molecular formula is C26H33Cl2N3O2. The van der Waals surface area contributed by atoms with E-state index in [0.29, 0.717) is 28.4 Å². The van der Waals surface area contributed by atoms with Crippen molar-refractivity contribution in [1.82, 2.24) is 5.43 Å². The Labute approximate surface area is 206 Å². The van der Waals surface area contributed by atoms with Crippen LogP contribution < -0.4 is 10.7 Å². The number of carbonyl (C=O) groups is 2. The molecule has 0 aliphatic carbocycles. The van der Waals surface area contributed by atoms with Crippen LogP contribution in [0.25, 0.3) is 0 Å². The number of halogens is 2. The highest BCUT2D eigenvalue weighted by Gasteiger charge is 2.11. The zero-order valence-electron chi connectivity index (χ0n) is 19.4.